The zero-order valence-corrected chi connectivity index (χ0v) is 15.5. The van der Waals surface area contributed by atoms with Gasteiger partial charge in [-0.05, 0) is 70.6 Å². The number of fused-ring (bicyclic) bond motifs is 3. The van der Waals surface area contributed by atoms with Crippen molar-refractivity contribution < 1.29 is 4.74 Å². The first-order valence-electron chi connectivity index (χ1n) is 9.42. The Hall–Kier alpha value is -1.24. The number of hydrogen-bond donors (Lipinski definition) is 0. The molecule has 23 heavy (non-hydrogen) atoms. The monoisotopic (exact) mass is 312 g/mol. The average molecular weight is 312 g/mol. The number of allylic oxidation sites excluding steroid dienone is 2. The van der Waals surface area contributed by atoms with Crippen LogP contribution in [0.4, 0.5) is 0 Å². The van der Waals surface area contributed by atoms with E-state index in [1.165, 1.54) is 55.2 Å². The summed E-state index contributed by atoms with van der Waals surface area (Å²) in [6, 6.07) is 4.73. The molecule has 3 rings (SSSR count). The lowest BCUT2D eigenvalue weighted by atomic mass is 9.67. The maximum atomic E-state index is 6.52. The first-order chi connectivity index (χ1) is 10.9. The van der Waals surface area contributed by atoms with Gasteiger partial charge in [-0.3, -0.25) is 0 Å². The zero-order chi connectivity index (χ0) is 16.6. The number of aryl methyl sites for hydroxylation is 2. The molecule has 1 aliphatic carbocycles. The third-order valence-corrected chi connectivity index (χ3v) is 5.82. The van der Waals surface area contributed by atoms with Gasteiger partial charge in [-0.15, -0.1) is 0 Å². The Labute approximate surface area is 142 Å². The van der Waals surface area contributed by atoms with Crippen molar-refractivity contribution in [3.05, 3.63) is 40.5 Å². The fraction of sp³-hybridized carbons (Fsp3) is 0.636. The molecule has 1 nitrogen and oxygen atoms in total. The summed E-state index contributed by atoms with van der Waals surface area (Å²) in [5.74, 6) is 2.28. The van der Waals surface area contributed by atoms with E-state index in [9.17, 15) is 0 Å². The van der Waals surface area contributed by atoms with Crippen LogP contribution in [0.25, 0.3) is 0 Å². The van der Waals surface area contributed by atoms with Crippen LogP contribution in [-0.2, 0) is 6.42 Å². The molecule has 0 unspecified atom stereocenters. The third-order valence-electron chi connectivity index (χ3n) is 5.82. The summed E-state index contributed by atoms with van der Waals surface area (Å²) in [5, 5.41) is 0. The molecule has 1 aliphatic heterocycles. The molecule has 0 saturated heterocycles. The van der Waals surface area contributed by atoms with Crippen LogP contribution in [0.2, 0.25) is 0 Å². The fourth-order valence-corrected chi connectivity index (χ4v) is 4.57. The summed E-state index contributed by atoms with van der Waals surface area (Å²) in [5.41, 5.74) is 5.79. The van der Waals surface area contributed by atoms with E-state index in [0.717, 1.165) is 5.75 Å². The average Bonchev–Trinajstić information content (AvgIpc) is 2.46. The minimum Gasteiger partial charge on any atom is -0.487 e. The van der Waals surface area contributed by atoms with Crippen molar-refractivity contribution in [1.29, 1.82) is 0 Å². The summed E-state index contributed by atoms with van der Waals surface area (Å²) in [7, 11) is 0. The lowest BCUT2D eigenvalue weighted by Crippen LogP contribution is -2.45. The highest BCUT2D eigenvalue weighted by molar-refractivity contribution is 5.50. The van der Waals surface area contributed by atoms with Crippen molar-refractivity contribution in [2.75, 3.05) is 0 Å². The van der Waals surface area contributed by atoms with Gasteiger partial charge < -0.3 is 4.74 Å². The number of ether oxygens (including phenoxy) is 1. The van der Waals surface area contributed by atoms with E-state index < -0.39 is 0 Å². The number of rotatable bonds is 4. The van der Waals surface area contributed by atoms with Gasteiger partial charge in [0, 0.05) is 17.4 Å². The van der Waals surface area contributed by atoms with Gasteiger partial charge in [-0.1, -0.05) is 37.5 Å². The predicted octanol–water partition coefficient (Wildman–Crippen LogP) is 6.34. The molecular weight excluding hydrogens is 280 g/mol. The van der Waals surface area contributed by atoms with Gasteiger partial charge in [0.2, 0.25) is 0 Å². The molecule has 1 aromatic rings. The molecule has 0 bridgehead atoms. The summed E-state index contributed by atoms with van der Waals surface area (Å²) in [4.78, 5) is 0. The Kier molecular flexibility index (Phi) is 4.58. The summed E-state index contributed by atoms with van der Waals surface area (Å²) < 4.78 is 6.52. The predicted molar refractivity (Wildman–Crippen MR) is 98.3 cm³/mol. The van der Waals surface area contributed by atoms with Crippen LogP contribution in [0, 0.1) is 12.8 Å². The standard InChI is InChI=1S/C22H32O/c1-6-7-8-9-17-13-16(3)21-18-12-15(2)10-11-19(18)22(4,5)23-20(21)14-17/h12-14,18-19H,6-11H2,1-5H3/t18-,19-/m1/s1. The molecule has 0 N–H and O–H groups in total. The van der Waals surface area contributed by atoms with E-state index in [-0.39, 0.29) is 5.60 Å². The van der Waals surface area contributed by atoms with Crippen molar-refractivity contribution in [2.45, 2.75) is 84.7 Å². The molecule has 0 fully saturated rings. The second kappa shape index (κ2) is 6.34. The first kappa shape index (κ1) is 16.6. The number of hydrogen-bond acceptors (Lipinski definition) is 1. The van der Waals surface area contributed by atoms with E-state index in [2.05, 4.69) is 52.8 Å². The van der Waals surface area contributed by atoms with Gasteiger partial charge in [0.25, 0.3) is 0 Å². The molecule has 1 heteroatoms. The molecule has 126 valence electrons. The number of benzene rings is 1. The van der Waals surface area contributed by atoms with Gasteiger partial charge >= 0.3 is 0 Å². The van der Waals surface area contributed by atoms with Gasteiger partial charge in [0.05, 0.1) is 0 Å². The van der Waals surface area contributed by atoms with E-state index >= 15 is 0 Å². The van der Waals surface area contributed by atoms with Crippen molar-refractivity contribution >= 4 is 0 Å². The SMILES string of the molecule is CCCCCc1cc(C)c2c(c1)OC(C)(C)[C@@H]1CCC(C)=C[C@@H]21. The summed E-state index contributed by atoms with van der Waals surface area (Å²) >= 11 is 0. The molecule has 0 saturated carbocycles. The maximum Gasteiger partial charge on any atom is 0.124 e. The second-order valence-corrected chi connectivity index (χ2v) is 8.17. The third kappa shape index (κ3) is 3.20. The van der Waals surface area contributed by atoms with Crippen LogP contribution in [0.15, 0.2) is 23.8 Å². The van der Waals surface area contributed by atoms with E-state index in [1.54, 1.807) is 5.57 Å². The highest BCUT2D eigenvalue weighted by atomic mass is 16.5. The molecule has 0 aromatic heterocycles. The molecule has 0 spiro atoms. The summed E-state index contributed by atoms with van der Waals surface area (Å²) in [6.07, 6.45) is 10.0. The Balaban J connectivity index is 1.99. The Morgan fingerprint density at radius 3 is 2.70 bits per heavy atom. The largest absolute Gasteiger partial charge is 0.487 e. The normalized spacial score (nSPS) is 25.2. The lowest BCUT2D eigenvalue weighted by Gasteiger charge is -2.47. The second-order valence-electron chi connectivity index (χ2n) is 8.17. The van der Waals surface area contributed by atoms with Gasteiger partial charge in [0.1, 0.15) is 11.4 Å². The quantitative estimate of drug-likeness (QED) is 0.465. The van der Waals surface area contributed by atoms with Crippen LogP contribution in [-0.4, -0.2) is 5.60 Å². The van der Waals surface area contributed by atoms with Crippen LogP contribution in [0.5, 0.6) is 5.75 Å². The van der Waals surface area contributed by atoms with E-state index in [1.807, 2.05) is 0 Å². The van der Waals surface area contributed by atoms with Crippen molar-refractivity contribution in [2.24, 2.45) is 5.92 Å². The first-order valence-corrected chi connectivity index (χ1v) is 9.42. The van der Waals surface area contributed by atoms with Crippen LogP contribution in [0.3, 0.4) is 0 Å². The minimum absolute atomic E-state index is 0.0661. The molecule has 2 atom stereocenters. The number of unbranched alkanes of at least 4 members (excludes halogenated alkanes) is 2. The van der Waals surface area contributed by atoms with Crippen molar-refractivity contribution in [3.63, 3.8) is 0 Å². The highest BCUT2D eigenvalue weighted by Crippen LogP contribution is 2.51. The molecule has 0 amide bonds. The highest BCUT2D eigenvalue weighted by Gasteiger charge is 2.44. The maximum absolute atomic E-state index is 6.52. The molecular formula is C22H32O. The van der Waals surface area contributed by atoms with E-state index in [4.69, 9.17) is 4.74 Å². The van der Waals surface area contributed by atoms with Crippen LogP contribution >= 0.6 is 0 Å². The molecule has 0 radical (unpaired) electrons. The molecule has 2 aliphatic rings. The Morgan fingerprint density at radius 2 is 1.96 bits per heavy atom. The smallest absolute Gasteiger partial charge is 0.124 e. The zero-order valence-electron chi connectivity index (χ0n) is 15.5. The Bertz CT molecular complexity index is 609. The van der Waals surface area contributed by atoms with Gasteiger partial charge in [-0.2, -0.15) is 0 Å². The lowest BCUT2D eigenvalue weighted by molar-refractivity contribution is 0.0113. The van der Waals surface area contributed by atoms with E-state index in [0.29, 0.717) is 11.8 Å². The fourth-order valence-electron chi connectivity index (χ4n) is 4.57. The van der Waals surface area contributed by atoms with Gasteiger partial charge in [-0.25, -0.2) is 0 Å². The van der Waals surface area contributed by atoms with Crippen molar-refractivity contribution in [1.82, 2.24) is 0 Å². The summed E-state index contributed by atoms with van der Waals surface area (Å²) in [6.45, 7) is 11.4. The van der Waals surface area contributed by atoms with Crippen LogP contribution in [0.1, 0.15) is 82.4 Å². The molecule has 1 heterocycles. The minimum atomic E-state index is -0.0661. The van der Waals surface area contributed by atoms with Gasteiger partial charge in [0.15, 0.2) is 0 Å². The van der Waals surface area contributed by atoms with Crippen LogP contribution < -0.4 is 4.74 Å². The topological polar surface area (TPSA) is 9.23 Å². The Morgan fingerprint density at radius 1 is 1.17 bits per heavy atom. The molecule has 1 aromatic carbocycles. The van der Waals surface area contributed by atoms with Crippen molar-refractivity contribution in [3.8, 4) is 5.75 Å².